The molecule has 3 N–H and O–H groups in total. The SMILES string of the molecule is C[C@@H](NC(=O)C[NH2+][C@H](c1ccccc1)c1cccs1)c1ccc2c(c1)OCO2. The Labute approximate surface area is 168 Å². The van der Waals surface area contributed by atoms with E-state index in [9.17, 15) is 4.79 Å². The monoisotopic (exact) mass is 395 g/mol. The van der Waals surface area contributed by atoms with E-state index in [0.29, 0.717) is 6.54 Å². The van der Waals surface area contributed by atoms with Crippen molar-refractivity contribution in [3.05, 3.63) is 82.0 Å². The summed E-state index contributed by atoms with van der Waals surface area (Å²) < 4.78 is 10.8. The van der Waals surface area contributed by atoms with Crippen LogP contribution in [0.4, 0.5) is 0 Å². The third kappa shape index (κ3) is 4.18. The molecule has 1 aliphatic rings. The average Bonchev–Trinajstić information content (AvgIpc) is 3.40. The van der Waals surface area contributed by atoms with Gasteiger partial charge in [0.15, 0.2) is 18.0 Å². The maximum absolute atomic E-state index is 12.6. The van der Waals surface area contributed by atoms with Crippen molar-refractivity contribution in [1.29, 1.82) is 0 Å². The fraction of sp³-hybridized carbons (Fsp3) is 0.227. The van der Waals surface area contributed by atoms with Crippen LogP contribution >= 0.6 is 11.3 Å². The van der Waals surface area contributed by atoms with Crippen LogP contribution in [0.1, 0.15) is 35.0 Å². The van der Waals surface area contributed by atoms with Gasteiger partial charge in [-0.1, -0.05) is 42.5 Å². The van der Waals surface area contributed by atoms with Gasteiger partial charge in [0.2, 0.25) is 6.79 Å². The summed E-state index contributed by atoms with van der Waals surface area (Å²) in [7, 11) is 0. The lowest BCUT2D eigenvalue weighted by Gasteiger charge is -2.17. The second-order valence-corrected chi connectivity index (χ2v) is 7.72. The average molecular weight is 396 g/mol. The number of benzene rings is 2. The minimum atomic E-state index is -0.104. The second kappa shape index (κ2) is 8.46. The van der Waals surface area contributed by atoms with Crippen LogP contribution in [0.15, 0.2) is 66.0 Å². The zero-order valence-corrected chi connectivity index (χ0v) is 16.4. The van der Waals surface area contributed by atoms with E-state index in [2.05, 4.69) is 34.2 Å². The third-order valence-electron chi connectivity index (χ3n) is 4.82. The lowest BCUT2D eigenvalue weighted by molar-refractivity contribution is -0.676. The number of rotatable bonds is 7. The van der Waals surface area contributed by atoms with Crippen molar-refractivity contribution in [2.45, 2.75) is 19.0 Å². The molecule has 0 unspecified atom stereocenters. The van der Waals surface area contributed by atoms with Gasteiger partial charge in [0.1, 0.15) is 6.04 Å². The maximum atomic E-state index is 12.6. The number of fused-ring (bicyclic) bond motifs is 1. The molecule has 4 rings (SSSR count). The Balaban J connectivity index is 1.38. The van der Waals surface area contributed by atoms with Gasteiger partial charge in [0.05, 0.1) is 10.9 Å². The summed E-state index contributed by atoms with van der Waals surface area (Å²) in [6, 6.07) is 20.2. The van der Waals surface area contributed by atoms with E-state index in [1.165, 1.54) is 10.4 Å². The van der Waals surface area contributed by atoms with Crippen molar-refractivity contribution in [3.63, 3.8) is 0 Å². The summed E-state index contributed by atoms with van der Waals surface area (Å²) in [5.41, 5.74) is 2.19. The summed E-state index contributed by atoms with van der Waals surface area (Å²) in [5, 5.41) is 7.23. The van der Waals surface area contributed by atoms with Crippen LogP contribution in [-0.2, 0) is 4.79 Å². The molecule has 2 atom stereocenters. The predicted octanol–water partition coefficient (Wildman–Crippen LogP) is 3.01. The lowest BCUT2D eigenvalue weighted by atomic mass is 10.1. The lowest BCUT2D eigenvalue weighted by Crippen LogP contribution is -2.87. The molecule has 0 fully saturated rings. The van der Waals surface area contributed by atoms with Crippen LogP contribution in [0.3, 0.4) is 0 Å². The van der Waals surface area contributed by atoms with E-state index >= 15 is 0 Å². The number of ether oxygens (including phenoxy) is 2. The Morgan fingerprint density at radius 2 is 1.89 bits per heavy atom. The van der Waals surface area contributed by atoms with Crippen molar-refractivity contribution in [3.8, 4) is 11.5 Å². The molecule has 2 aromatic carbocycles. The molecule has 2 heterocycles. The number of hydrogen-bond acceptors (Lipinski definition) is 4. The van der Waals surface area contributed by atoms with Crippen molar-refractivity contribution >= 4 is 17.2 Å². The molecule has 0 radical (unpaired) electrons. The first-order valence-electron chi connectivity index (χ1n) is 9.31. The van der Waals surface area contributed by atoms with Gasteiger partial charge in [-0.2, -0.15) is 0 Å². The molecule has 5 nitrogen and oxygen atoms in total. The van der Waals surface area contributed by atoms with Crippen LogP contribution in [0.2, 0.25) is 0 Å². The molecule has 0 aliphatic carbocycles. The molecule has 1 aliphatic heterocycles. The third-order valence-corrected chi connectivity index (χ3v) is 5.78. The Morgan fingerprint density at radius 3 is 2.68 bits per heavy atom. The normalized spacial score (nSPS) is 14.5. The highest BCUT2D eigenvalue weighted by Gasteiger charge is 2.21. The molecule has 0 saturated heterocycles. The topological polar surface area (TPSA) is 64.2 Å². The molecule has 144 valence electrons. The highest BCUT2D eigenvalue weighted by Crippen LogP contribution is 2.34. The number of amides is 1. The Kier molecular flexibility index (Phi) is 5.60. The minimum Gasteiger partial charge on any atom is -0.454 e. The molecular weight excluding hydrogens is 372 g/mol. The van der Waals surface area contributed by atoms with E-state index in [0.717, 1.165) is 17.1 Å². The summed E-state index contributed by atoms with van der Waals surface area (Å²) in [6.45, 7) is 2.58. The number of thiophene rings is 1. The van der Waals surface area contributed by atoms with Gasteiger partial charge in [0, 0.05) is 5.56 Å². The van der Waals surface area contributed by atoms with Crippen molar-refractivity contribution in [2.24, 2.45) is 0 Å². The van der Waals surface area contributed by atoms with Crippen LogP contribution in [0.25, 0.3) is 0 Å². The standard InChI is InChI=1S/C22H22N2O3S/c1-15(17-9-10-18-19(12-17)27-14-26-18)24-21(25)13-23-22(20-8-5-11-28-20)16-6-3-2-4-7-16/h2-12,15,22-23H,13-14H2,1H3,(H,24,25)/p+1/t15-,22-/m1/s1. The first-order chi connectivity index (χ1) is 13.7. The largest absolute Gasteiger partial charge is 0.454 e. The molecule has 6 heteroatoms. The zero-order chi connectivity index (χ0) is 19.3. The fourth-order valence-corrected chi connectivity index (χ4v) is 4.19. The highest BCUT2D eigenvalue weighted by molar-refractivity contribution is 7.10. The van der Waals surface area contributed by atoms with Gasteiger partial charge in [-0.25, -0.2) is 0 Å². The predicted molar refractivity (Wildman–Crippen MR) is 109 cm³/mol. The van der Waals surface area contributed by atoms with Crippen molar-refractivity contribution in [1.82, 2.24) is 5.32 Å². The Morgan fingerprint density at radius 1 is 1.07 bits per heavy atom. The summed E-state index contributed by atoms with van der Waals surface area (Å²) in [4.78, 5) is 13.8. The molecular formula is C22H23N2O3S+. The second-order valence-electron chi connectivity index (χ2n) is 6.75. The quantitative estimate of drug-likeness (QED) is 0.646. The van der Waals surface area contributed by atoms with Gasteiger partial charge >= 0.3 is 0 Å². The van der Waals surface area contributed by atoms with Gasteiger partial charge in [-0.15, -0.1) is 11.3 Å². The van der Waals surface area contributed by atoms with E-state index in [4.69, 9.17) is 9.47 Å². The van der Waals surface area contributed by atoms with E-state index < -0.39 is 0 Å². The van der Waals surface area contributed by atoms with Crippen LogP contribution in [-0.4, -0.2) is 19.2 Å². The van der Waals surface area contributed by atoms with Gasteiger partial charge in [-0.3, -0.25) is 4.79 Å². The summed E-state index contributed by atoms with van der Waals surface area (Å²) in [5.74, 6) is 1.48. The smallest absolute Gasteiger partial charge is 0.275 e. The van der Waals surface area contributed by atoms with E-state index in [1.807, 2.05) is 49.4 Å². The molecule has 0 saturated carbocycles. The molecule has 3 aromatic rings. The molecule has 1 aromatic heterocycles. The van der Waals surface area contributed by atoms with E-state index in [1.54, 1.807) is 11.3 Å². The van der Waals surface area contributed by atoms with Gasteiger partial charge in [-0.05, 0) is 36.1 Å². The first-order valence-corrected chi connectivity index (χ1v) is 10.2. The molecule has 0 spiro atoms. The number of quaternary nitrogens is 1. The number of nitrogens with one attached hydrogen (secondary N) is 1. The summed E-state index contributed by atoms with van der Waals surface area (Å²) >= 11 is 1.71. The number of hydrogen-bond donors (Lipinski definition) is 2. The van der Waals surface area contributed by atoms with Gasteiger partial charge in [0.25, 0.3) is 5.91 Å². The molecule has 28 heavy (non-hydrogen) atoms. The minimum absolute atomic E-state index is 0.00246. The highest BCUT2D eigenvalue weighted by atomic mass is 32.1. The van der Waals surface area contributed by atoms with Crippen LogP contribution in [0, 0.1) is 0 Å². The summed E-state index contributed by atoms with van der Waals surface area (Å²) in [6.07, 6.45) is 0. The fourth-order valence-electron chi connectivity index (χ4n) is 3.34. The van der Waals surface area contributed by atoms with Crippen molar-refractivity contribution in [2.75, 3.05) is 13.3 Å². The molecule has 0 bridgehead atoms. The first kappa shape index (κ1) is 18.5. The Bertz CT molecular complexity index is 928. The maximum Gasteiger partial charge on any atom is 0.275 e. The number of carbonyl (C=O) groups is 1. The Hall–Kier alpha value is -2.83. The molecule has 1 amide bonds. The number of carbonyl (C=O) groups excluding carboxylic acids is 1. The van der Waals surface area contributed by atoms with Gasteiger partial charge < -0.3 is 20.1 Å². The van der Waals surface area contributed by atoms with Crippen molar-refractivity contribution < 1.29 is 19.6 Å². The van der Waals surface area contributed by atoms with E-state index in [-0.39, 0.29) is 24.8 Å². The zero-order valence-electron chi connectivity index (χ0n) is 15.6. The van der Waals surface area contributed by atoms with Crippen LogP contribution in [0.5, 0.6) is 11.5 Å². The van der Waals surface area contributed by atoms with Crippen LogP contribution < -0.4 is 20.1 Å². The number of nitrogens with two attached hydrogens (primary N) is 1.